The van der Waals surface area contributed by atoms with Crippen LogP contribution in [0.25, 0.3) is 10.9 Å². The highest BCUT2D eigenvalue weighted by atomic mass is 16.1. The second-order valence-corrected chi connectivity index (χ2v) is 5.81. The van der Waals surface area contributed by atoms with Crippen LogP contribution in [0.5, 0.6) is 0 Å². The van der Waals surface area contributed by atoms with E-state index in [4.69, 9.17) is 5.73 Å². The Balaban J connectivity index is 2.26. The molecule has 0 unspecified atom stereocenters. The maximum Gasteiger partial charge on any atom is 0.261 e. The Morgan fingerprint density at radius 3 is 2.79 bits per heavy atom. The van der Waals surface area contributed by atoms with Gasteiger partial charge in [-0.1, -0.05) is 12.1 Å². The Bertz CT molecular complexity index is 638. The molecule has 2 rings (SSSR count). The molecule has 102 valence electrons. The number of aromatic nitrogens is 2. The molecule has 0 aliphatic heterocycles. The van der Waals surface area contributed by atoms with Gasteiger partial charge in [-0.15, -0.1) is 0 Å². The van der Waals surface area contributed by atoms with E-state index in [9.17, 15) is 4.79 Å². The lowest BCUT2D eigenvalue weighted by Gasteiger charge is -2.18. The molecule has 4 heteroatoms. The van der Waals surface area contributed by atoms with E-state index >= 15 is 0 Å². The predicted octanol–water partition coefficient (Wildman–Crippen LogP) is 2.22. The molecule has 4 nitrogen and oxygen atoms in total. The average molecular weight is 259 g/mol. The maximum absolute atomic E-state index is 12.3. The van der Waals surface area contributed by atoms with Crippen molar-refractivity contribution >= 4 is 10.9 Å². The van der Waals surface area contributed by atoms with Crippen LogP contribution in [0.3, 0.4) is 0 Å². The first-order valence-electron chi connectivity index (χ1n) is 6.62. The summed E-state index contributed by atoms with van der Waals surface area (Å²) in [5.41, 5.74) is 7.61. The summed E-state index contributed by atoms with van der Waals surface area (Å²) in [6, 6.07) is 5.70. The van der Waals surface area contributed by atoms with Crippen LogP contribution in [0.2, 0.25) is 0 Å². The zero-order valence-corrected chi connectivity index (χ0v) is 11.8. The van der Waals surface area contributed by atoms with E-state index in [-0.39, 0.29) is 11.1 Å². The van der Waals surface area contributed by atoms with Gasteiger partial charge in [0.25, 0.3) is 5.56 Å². The van der Waals surface area contributed by atoms with Gasteiger partial charge in [0.2, 0.25) is 0 Å². The van der Waals surface area contributed by atoms with Crippen LogP contribution >= 0.6 is 0 Å². The zero-order valence-electron chi connectivity index (χ0n) is 11.8. The molecule has 0 aliphatic rings. The second-order valence-electron chi connectivity index (χ2n) is 5.81. The fraction of sp³-hybridized carbons (Fsp3) is 0.467. The van der Waals surface area contributed by atoms with Crippen LogP contribution in [-0.4, -0.2) is 15.1 Å². The fourth-order valence-corrected chi connectivity index (χ4v) is 2.20. The first-order valence-corrected chi connectivity index (χ1v) is 6.62. The third-order valence-electron chi connectivity index (χ3n) is 3.28. The van der Waals surface area contributed by atoms with Crippen molar-refractivity contribution in [3.63, 3.8) is 0 Å². The van der Waals surface area contributed by atoms with Crippen molar-refractivity contribution in [2.45, 2.75) is 45.7 Å². The number of para-hydroxylation sites is 1. The van der Waals surface area contributed by atoms with Crippen molar-refractivity contribution in [2.75, 3.05) is 0 Å². The smallest absolute Gasteiger partial charge is 0.261 e. The summed E-state index contributed by atoms with van der Waals surface area (Å²) in [7, 11) is 0. The lowest BCUT2D eigenvalue weighted by molar-refractivity contribution is 0.434. The number of hydrogen-bond donors (Lipinski definition) is 1. The van der Waals surface area contributed by atoms with Crippen LogP contribution in [0, 0.1) is 6.92 Å². The zero-order chi connectivity index (χ0) is 14.0. The van der Waals surface area contributed by atoms with Crippen molar-refractivity contribution in [2.24, 2.45) is 5.73 Å². The van der Waals surface area contributed by atoms with E-state index in [1.807, 2.05) is 39.0 Å². The van der Waals surface area contributed by atoms with Gasteiger partial charge in [0, 0.05) is 12.1 Å². The molecule has 0 saturated carbocycles. The molecule has 0 amide bonds. The van der Waals surface area contributed by atoms with Crippen LogP contribution in [0.4, 0.5) is 0 Å². The number of benzene rings is 1. The van der Waals surface area contributed by atoms with Crippen molar-refractivity contribution in [3.05, 3.63) is 40.4 Å². The van der Waals surface area contributed by atoms with Gasteiger partial charge in [-0.25, -0.2) is 4.98 Å². The SMILES string of the molecule is Cc1cccc2c(=O)n(CCCC(C)(C)N)cnc12. The highest BCUT2D eigenvalue weighted by molar-refractivity contribution is 5.80. The van der Waals surface area contributed by atoms with Gasteiger partial charge >= 0.3 is 0 Å². The van der Waals surface area contributed by atoms with E-state index in [2.05, 4.69) is 4.98 Å². The summed E-state index contributed by atoms with van der Waals surface area (Å²) in [6.45, 7) is 6.63. The van der Waals surface area contributed by atoms with E-state index in [1.165, 1.54) is 0 Å². The van der Waals surface area contributed by atoms with E-state index < -0.39 is 0 Å². The summed E-state index contributed by atoms with van der Waals surface area (Å²) in [5.74, 6) is 0. The van der Waals surface area contributed by atoms with Gasteiger partial charge in [-0.05, 0) is 45.2 Å². The quantitative estimate of drug-likeness (QED) is 0.915. The van der Waals surface area contributed by atoms with Gasteiger partial charge in [0.1, 0.15) is 0 Å². The van der Waals surface area contributed by atoms with Gasteiger partial charge in [-0.2, -0.15) is 0 Å². The maximum atomic E-state index is 12.3. The van der Waals surface area contributed by atoms with Crippen LogP contribution in [0.15, 0.2) is 29.3 Å². The molecule has 2 aromatic rings. The van der Waals surface area contributed by atoms with E-state index in [1.54, 1.807) is 10.9 Å². The molecule has 0 atom stereocenters. The van der Waals surface area contributed by atoms with E-state index in [0.29, 0.717) is 11.9 Å². The number of nitrogens with zero attached hydrogens (tertiary/aromatic N) is 2. The molecule has 19 heavy (non-hydrogen) atoms. The Kier molecular flexibility index (Phi) is 3.71. The van der Waals surface area contributed by atoms with Crippen molar-refractivity contribution in [1.82, 2.24) is 9.55 Å². The third-order valence-corrected chi connectivity index (χ3v) is 3.28. The largest absolute Gasteiger partial charge is 0.326 e. The van der Waals surface area contributed by atoms with Crippen molar-refractivity contribution in [3.8, 4) is 0 Å². The Morgan fingerprint density at radius 2 is 2.11 bits per heavy atom. The first kappa shape index (κ1) is 13.7. The molecule has 0 radical (unpaired) electrons. The Labute approximate surface area is 113 Å². The number of hydrogen-bond acceptors (Lipinski definition) is 3. The van der Waals surface area contributed by atoms with Crippen molar-refractivity contribution < 1.29 is 0 Å². The molecular weight excluding hydrogens is 238 g/mol. The monoisotopic (exact) mass is 259 g/mol. The lowest BCUT2D eigenvalue weighted by Crippen LogP contribution is -2.32. The number of rotatable bonds is 4. The fourth-order valence-electron chi connectivity index (χ4n) is 2.20. The van der Waals surface area contributed by atoms with Gasteiger partial charge in [0.15, 0.2) is 0 Å². The molecule has 0 fully saturated rings. The summed E-state index contributed by atoms with van der Waals surface area (Å²) in [4.78, 5) is 16.7. The number of aryl methyl sites for hydroxylation is 2. The van der Waals surface area contributed by atoms with Gasteiger partial charge in [-0.3, -0.25) is 9.36 Å². The molecule has 0 saturated heterocycles. The average Bonchev–Trinajstić information content (AvgIpc) is 2.31. The highest BCUT2D eigenvalue weighted by Crippen LogP contribution is 2.12. The van der Waals surface area contributed by atoms with Crippen LogP contribution in [0.1, 0.15) is 32.3 Å². The minimum absolute atomic E-state index is 0.0310. The predicted molar refractivity (Wildman–Crippen MR) is 78.2 cm³/mol. The molecule has 0 spiro atoms. The molecule has 0 aliphatic carbocycles. The normalized spacial score (nSPS) is 12.0. The molecular formula is C15H21N3O. The molecule has 1 aromatic carbocycles. The summed E-state index contributed by atoms with van der Waals surface area (Å²) in [6.07, 6.45) is 3.40. The summed E-state index contributed by atoms with van der Waals surface area (Å²) in [5, 5.41) is 0.689. The highest BCUT2D eigenvalue weighted by Gasteiger charge is 2.11. The van der Waals surface area contributed by atoms with Crippen molar-refractivity contribution in [1.29, 1.82) is 0 Å². The second kappa shape index (κ2) is 5.13. The molecule has 2 N–H and O–H groups in total. The lowest BCUT2D eigenvalue weighted by atomic mass is 10.0. The van der Waals surface area contributed by atoms with Crippen LogP contribution < -0.4 is 11.3 Å². The van der Waals surface area contributed by atoms with E-state index in [0.717, 1.165) is 23.9 Å². The first-order chi connectivity index (χ1) is 8.88. The number of nitrogens with two attached hydrogens (primary N) is 1. The molecule has 0 bridgehead atoms. The van der Waals surface area contributed by atoms with Crippen LogP contribution in [-0.2, 0) is 6.54 Å². The summed E-state index contributed by atoms with van der Waals surface area (Å²) < 4.78 is 1.67. The minimum atomic E-state index is -0.190. The Morgan fingerprint density at radius 1 is 1.37 bits per heavy atom. The Hall–Kier alpha value is -1.68. The third kappa shape index (κ3) is 3.20. The topological polar surface area (TPSA) is 60.9 Å². The molecule has 1 heterocycles. The minimum Gasteiger partial charge on any atom is -0.326 e. The number of fused-ring (bicyclic) bond motifs is 1. The standard InChI is InChI=1S/C15H21N3O/c1-11-6-4-7-12-13(11)17-10-18(14(12)19)9-5-8-15(2,3)16/h4,6-7,10H,5,8-9,16H2,1-3H3. The van der Waals surface area contributed by atoms with Gasteiger partial charge < -0.3 is 5.73 Å². The summed E-state index contributed by atoms with van der Waals surface area (Å²) >= 11 is 0. The molecule has 1 aromatic heterocycles. The van der Waals surface area contributed by atoms with Gasteiger partial charge in [0.05, 0.1) is 17.2 Å².